The monoisotopic (exact) mass is 396 g/mol. The Bertz CT molecular complexity index is 855. The molecule has 1 saturated heterocycles. The summed E-state index contributed by atoms with van der Waals surface area (Å²) in [7, 11) is 0. The van der Waals surface area contributed by atoms with E-state index < -0.39 is 17.7 Å². The van der Waals surface area contributed by atoms with Crippen molar-refractivity contribution in [3.8, 4) is 0 Å². The molecule has 0 saturated carbocycles. The summed E-state index contributed by atoms with van der Waals surface area (Å²) in [5.74, 6) is 0.236. The lowest BCUT2D eigenvalue weighted by atomic mass is 9.98. The molecule has 7 heteroatoms. The fourth-order valence-corrected chi connectivity index (χ4v) is 3.68. The summed E-state index contributed by atoms with van der Waals surface area (Å²) in [6.45, 7) is 8.30. The van der Waals surface area contributed by atoms with Crippen molar-refractivity contribution in [2.24, 2.45) is 5.92 Å². The van der Waals surface area contributed by atoms with Crippen molar-refractivity contribution in [1.82, 2.24) is 9.96 Å². The van der Waals surface area contributed by atoms with Gasteiger partial charge in [-0.1, -0.05) is 50.2 Å². The fraction of sp³-hybridized carbons (Fsp3) is 0.364. The third-order valence-electron chi connectivity index (χ3n) is 5.06. The average Bonchev–Trinajstić information content (AvgIpc) is 2.88. The van der Waals surface area contributed by atoms with E-state index in [1.807, 2.05) is 52.0 Å². The molecule has 7 nitrogen and oxygen atoms in total. The molecule has 1 unspecified atom stereocenters. The van der Waals surface area contributed by atoms with E-state index in [1.165, 1.54) is 4.90 Å². The van der Waals surface area contributed by atoms with E-state index in [0.717, 1.165) is 0 Å². The molecule has 154 valence electrons. The van der Waals surface area contributed by atoms with Crippen molar-refractivity contribution < 1.29 is 14.8 Å². The second kappa shape index (κ2) is 8.13. The number of carbonyl (C=O) groups excluding carboxylic acids is 2. The van der Waals surface area contributed by atoms with E-state index in [2.05, 4.69) is 5.32 Å². The summed E-state index contributed by atoms with van der Waals surface area (Å²) in [6, 6.07) is 17.0. The first-order chi connectivity index (χ1) is 13.7. The lowest BCUT2D eigenvalue weighted by molar-refractivity contribution is -0.0954. The largest absolute Gasteiger partial charge is 0.347 e. The molecule has 1 heterocycles. The summed E-state index contributed by atoms with van der Waals surface area (Å²) >= 11 is 0. The maximum absolute atomic E-state index is 13.3. The highest BCUT2D eigenvalue weighted by Crippen LogP contribution is 2.38. The molecule has 0 aliphatic carbocycles. The molecule has 0 bridgehead atoms. The SMILES string of the molecule is CC(C)CN1C(=O)N(c2ccccc2)C(N(O)C(=O)Nc2ccccc2)C1(C)C. The van der Waals surface area contributed by atoms with Crippen LogP contribution in [0.3, 0.4) is 0 Å². The van der Waals surface area contributed by atoms with Gasteiger partial charge in [-0.05, 0) is 44.0 Å². The molecular formula is C22H28N4O3. The van der Waals surface area contributed by atoms with Crippen molar-refractivity contribution in [3.05, 3.63) is 60.7 Å². The first-order valence-corrected chi connectivity index (χ1v) is 9.73. The summed E-state index contributed by atoms with van der Waals surface area (Å²) in [5.41, 5.74) is 0.359. The van der Waals surface area contributed by atoms with E-state index in [4.69, 9.17) is 0 Å². The van der Waals surface area contributed by atoms with Crippen LogP contribution in [-0.4, -0.2) is 45.5 Å². The van der Waals surface area contributed by atoms with Crippen LogP contribution in [0.1, 0.15) is 27.7 Å². The summed E-state index contributed by atoms with van der Waals surface area (Å²) in [6.07, 6.45) is -0.903. The van der Waals surface area contributed by atoms with Gasteiger partial charge in [0.15, 0.2) is 6.17 Å². The molecule has 1 aliphatic rings. The Morgan fingerprint density at radius 2 is 1.66 bits per heavy atom. The summed E-state index contributed by atoms with van der Waals surface area (Å²) < 4.78 is 0. The Hall–Kier alpha value is -3.06. The molecule has 2 aromatic carbocycles. The Morgan fingerprint density at radius 1 is 1.10 bits per heavy atom. The quantitative estimate of drug-likeness (QED) is 0.572. The van der Waals surface area contributed by atoms with Crippen LogP contribution < -0.4 is 10.2 Å². The number of nitrogens with zero attached hydrogens (tertiary/aromatic N) is 3. The van der Waals surface area contributed by atoms with Gasteiger partial charge in [0.1, 0.15) is 0 Å². The van der Waals surface area contributed by atoms with Crippen molar-refractivity contribution >= 4 is 23.4 Å². The second-order valence-electron chi connectivity index (χ2n) is 8.16. The Morgan fingerprint density at radius 3 is 2.21 bits per heavy atom. The lowest BCUT2D eigenvalue weighted by Crippen LogP contribution is -2.58. The number of amides is 4. The lowest BCUT2D eigenvalue weighted by Gasteiger charge is -2.38. The Labute approximate surface area is 171 Å². The highest BCUT2D eigenvalue weighted by molar-refractivity contribution is 5.98. The molecule has 0 radical (unpaired) electrons. The van der Waals surface area contributed by atoms with E-state index in [0.29, 0.717) is 23.0 Å². The zero-order chi connectivity index (χ0) is 21.2. The van der Waals surface area contributed by atoms with Crippen LogP contribution in [0.5, 0.6) is 0 Å². The van der Waals surface area contributed by atoms with Crippen LogP contribution >= 0.6 is 0 Å². The average molecular weight is 396 g/mol. The van der Waals surface area contributed by atoms with Gasteiger partial charge >= 0.3 is 12.1 Å². The van der Waals surface area contributed by atoms with Crippen molar-refractivity contribution in [2.75, 3.05) is 16.8 Å². The highest BCUT2D eigenvalue weighted by Gasteiger charge is 2.56. The minimum atomic E-state index is -0.903. The van der Waals surface area contributed by atoms with Gasteiger partial charge in [-0.25, -0.2) is 9.59 Å². The van der Waals surface area contributed by atoms with Gasteiger partial charge in [0.2, 0.25) is 0 Å². The molecule has 1 aliphatic heterocycles. The number of rotatable bonds is 5. The molecule has 2 N–H and O–H groups in total. The highest BCUT2D eigenvalue weighted by atomic mass is 16.5. The predicted molar refractivity (Wildman–Crippen MR) is 113 cm³/mol. The molecule has 29 heavy (non-hydrogen) atoms. The number of para-hydroxylation sites is 2. The van der Waals surface area contributed by atoms with Gasteiger partial charge in [-0.15, -0.1) is 0 Å². The molecule has 0 aromatic heterocycles. The Balaban J connectivity index is 1.97. The second-order valence-corrected chi connectivity index (χ2v) is 8.16. The molecular weight excluding hydrogens is 368 g/mol. The molecule has 1 fully saturated rings. The van der Waals surface area contributed by atoms with Crippen LogP contribution in [0.2, 0.25) is 0 Å². The number of anilines is 2. The smallest absolute Gasteiger partial charge is 0.315 e. The van der Waals surface area contributed by atoms with Crippen molar-refractivity contribution in [2.45, 2.75) is 39.4 Å². The van der Waals surface area contributed by atoms with Crippen molar-refractivity contribution in [1.29, 1.82) is 0 Å². The van der Waals surface area contributed by atoms with Gasteiger partial charge in [-0.3, -0.25) is 10.1 Å². The van der Waals surface area contributed by atoms with Crippen molar-refractivity contribution in [3.63, 3.8) is 0 Å². The number of urea groups is 2. The molecule has 0 spiro atoms. The van der Waals surface area contributed by atoms with Crippen LogP contribution in [-0.2, 0) is 0 Å². The zero-order valence-corrected chi connectivity index (χ0v) is 17.2. The topological polar surface area (TPSA) is 76.1 Å². The number of hydroxylamine groups is 2. The number of carbonyl (C=O) groups is 2. The molecule has 4 amide bonds. The first kappa shape index (κ1) is 20.7. The van der Waals surface area contributed by atoms with Crippen LogP contribution in [0, 0.1) is 5.92 Å². The van der Waals surface area contributed by atoms with Crippen LogP contribution in [0.15, 0.2) is 60.7 Å². The van der Waals surface area contributed by atoms with E-state index in [1.54, 1.807) is 41.3 Å². The van der Waals surface area contributed by atoms with E-state index in [-0.39, 0.29) is 11.9 Å². The number of nitrogens with one attached hydrogen (secondary N) is 1. The van der Waals surface area contributed by atoms with Gasteiger partial charge in [0, 0.05) is 17.9 Å². The molecule has 1 atom stereocenters. The van der Waals surface area contributed by atoms with Gasteiger partial charge in [-0.2, -0.15) is 5.06 Å². The summed E-state index contributed by atoms with van der Waals surface area (Å²) in [4.78, 5) is 29.3. The minimum Gasteiger partial charge on any atom is -0.315 e. The summed E-state index contributed by atoms with van der Waals surface area (Å²) in [5, 5.41) is 14.2. The van der Waals surface area contributed by atoms with E-state index >= 15 is 0 Å². The third-order valence-corrected chi connectivity index (χ3v) is 5.06. The third kappa shape index (κ3) is 4.05. The first-order valence-electron chi connectivity index (χ1n) is 9.73. The maximum atomic E-state index is 13.3. The number of benzene rings is 2. The van der Waals surface area contributed by atoms with Gasteiger partial charge in [0.05, 0.1) is 5.54 Å². The van der Waals surface area contributed by atoms with Gasteiger partial charge in [0.25, 0.3) is 0 Å². The Kier molecular flexibility index (Phi) is 5.79. The van der Waals surface area contributed by atoms with E-state index in [9.17, 15) is 14.8 Å². The number of hydrogen-bond donors (Lipinski definition) is 2. The molecule has 2 aromatic rings. The standard InChI is InChI=1S/C22H28N4O3/c1-16(2)15-24-21(28)25(18-13-9-6-10-14-18)19(22(24,3)4)26(29)20(27)23-17-11-7-5-8-12-17/h5-14,16,19,29H,15H2,1-4H3,(H,23,27). The van der Waals surface area contributed by atoms with Crippen LogP contribution in [0.25, 0.3) is 0 Å². The molecule has 3 rings (SSSR count). The number of hydrogen-bond acceptors (Lipinski definition) is 3. The van der Waals surface area contributed by atoms with Crippen LogP contribution in [0.4, 0.5) is 21.0 Å². The predicted octanol–water partition coefficient (Wildman–Crippen LogP) is 4.61. The van der Waals surface area contributed by atoms with Gasteiger partial charge < -0.3 is 10.2 Å². The maximum Gasteiger partial charge on any atom is 0.347 e. The minimum absolute atomic E-state index is 0.236. The normalized spacial score (nSPS) is 18.3. The zero-order valence-electron chi connectivity index (χ0n) is 17.2. The fourth-order valence-electron chi connectivity index (χ4n) is 3.68.